The summed E-state index contributed by atoms with van der Waals surface area (Å²) < 4.78 is 5.63. The quantitative estimate of drug-likeness (QED) is 0.816. The Morgan fingerprint density at radius 3 is 2.32 bits per heavy atom. The molecule has 114 valence electrons. The summed E-state index contributed by atoms with van der Waals surface area (Å²) in [6, 6.07) is 0.139. The van der Waals surface area contributed by atoms with Gasteiger partial charge in [0, 0.05) is 24.5 Å². The summed E-state index contributed by atoms with van der Waals surface area (Å²) >= 11 is 0. The Morgan fingerprint density at radius 1 is 1.42 bits per heavy atom. The van der Waals surface area contributed by atoms with E-state index in [9.17, 15) is 4.79 Å². The van der Waals surface area contributed by atoms with E-state index in [-0.39, 0.29) is 35.9 Å². The van der Waals surface area contributed by atoms with Crippen LogP contribution in [0.1, 0.15) is 48.0 Å². The van der Waals surface area contributed by atoms with Gasteiger partial charge in [-0.1, -0.05) is 27.7 Å². The van der Waals surface area contributed by atoms with Crippen molar-refractivity contribution in [1.29, 1.82) is 0 Å². The maximum atomic E-state index is 12.3. The highest BCUT2D eigenvalue weighted by atomic mass is 35.5. The molecule has 3 N–H and O–H groups in total. The normalized spacial score (nSPS) is 30.2. The number of nitrogens with one attached hydrogen (secondary N) is 1. The summed E-state index contributed by atoms with van der Waals surface area (Å²) in [5.74, 6) is 0.355. The fourth-order valence-corrected chi connectivity index (χ4v) is 2.32. The van der Waals surface area contributed by atoms with Gasteiger partial charge in [-0.25, -0.2) is 0 Å². The Labute approximate surface area is 123 Å². The van der Waals surface area contributed by atoms with Crippen molar-refractivity contribution >= 4 is 18.3 Å². The van der Waals surface area contributed by atoms with E-state index in [0.29, 0.717) is 18.9 Å². The van der Waals surface area contributed by atoms with E-state index in [0.717, 1.165) is 0 Å². The highest BCUT2D eigenvalue weighted by Crippen LogP contribution is 2.49. The van der Waals surface area contributed by atoms with Gasteiger partial charge in [-0.2, -0.15) is 0 Å². The molecule has 0 aliphatic heterocycles. The van der Waals surface area contributed by atoms with Crippen molar-refractivity contribution in [3.8, 4) is 0 Å². The van der Waals surface area contributed by atoms with Crippen molar-refractivity contribution in [2.45, 2.75) is 65.6 Å². The van der Waals surface area contributed by atoms with Crippen LogP contribution in [0.4, 0.5) is 0 Å². The highest BCUT2D eigenvalue weighted by Gasteiger charge is 2.62. The molecule has 4 nitrogen and oxygen atoms in total. The molecule has 1 aliphatic rings. The number of amides is 1. The first-order chi connectivity index (χ1) is 8.16. The van der Waals surface area contributed by atoms with Crippen molar-refractivity contribution in [3.05, 3.63) is 0 Å². The topological polar surface area (TPSA) is 64.3 Å². The number of nitrogens with two attached hydrogens (primary N) is 1. The Balaban J connectivity index is 0.00000324. The second-order valence-corrected chi connectivity index (χ2v) is 6.35. The molecular formula is C14H29ClN2O2. The summed E-state index contributed by atoms with van der Waals surface area (Å²) in [6.45, 7) is 12.8. The van der Waals surface area contributed by atoms with Gasteiger partial charge in [-0.05, 0) is 19.8 Å². The maximum Gasteiger partial charge on any atom is 0.241 e. The molecule has 0 heterocycles. The van der Waals surface area contributed by atoms with Crippen LogP contribution in [0.2, 0.25) is 0 Å². The molecule has 0 spiro atoms. The van der Waals surface area contributed by atoms with Crippen molar-refractivity contribution < 1.29 is 9.53 Å². The predicted octanol–water partition coefficient (Wildman–Crippen LogP) is 2.10. The lowest BCUT2D eigenvalue weighted by Gasteiger charge is -2.57. The van der Waals surface area contributed by atoms with Crippen molar-refractivity contribution in [2.75, 3.05) is 6.61 Å². The number of hydrogen-bond donors (Lipinski definition) is 2. The van der Waals surface area contributed by atoms with Gasteiger partial charge in [-0.3, -0.25) is 4.79 Å². The van der Waals surface area contributed by atoms with Crippen LogP contribution in [0.25, 0.3) is 0 Å². The smallest absolute Gasteiger partial charge is 0.241 e. The zero-order valence-corrected chi connectivity index (χ0v) is 13.8. The number of carbonyl (C=O) groups excluding carboxylic acids is 1. The van der Waals surface area contributed by atoms with Gasteiger partial charge in [0.15, 0.2) is 0 Å². The van der Waals surface area contributed by atoms with E-state index in [2.05, 4.69) is 19.2 Å². The molecule has 0 aromatic rings. The molecule has 5 heteroatoms. The lowest BCUT2D eigenvalue weighted by Crippen LogP contribution is -2.76. The van der Waals surface area contributed by atoms with Gasteiger partial charge in [0.1, 0.15) is 5.54 Å². The van der Waals surface area contributed by atoms with E-state index in [1.54, 1.807) is 0 Å². The second-order valence-electron chi connectivity index (χ2n) is 6.35. The van der Waals surface area contributed by atoms with E-state index in [4.69, 9.17) is 10.5 Å². The fourth-order valence-electron chi connectivity index (χ4n) is 2.32. The second kappa shape index (κ2) is 6.42. The maximum absolute atomic E-state index is 12.3. The SMILES string of the molecule is CCOC1CC(N)(C(=O)NC(C)C(C)C)C1(C)C.Cl. The molecule has 0 aromatic heterocycles. The van der Waals surface area contributed by atoms with Gasteiger partial charge < -0.3 is 15.8 Å². The molecule has 3 unspecified atom stereocenters. The van der Waals surface area contributed by atoms with Gasteiger partial charge in [-0.15, -0.1) is 12.4 Å². The van der Waals surface area contributed by atoms with Crippen LogP contribution in [-0.2, 0) is 9.53 Å². The fraction of sp³-hybridized carbons (Fsp3) is 0.929. The molecule has 1 amide bonds. The number of hydrogen-bond acceptors (Lipinski definition) is 3. The lowest BCUT2D eigenvalue weighted by atomic mass is 9.54. The average Bonchev–Trinajstić information content (AvgIpc) is 2.28. The molecule has 0 bridgehead atoms. The number of carbonyl (C=O) groups is 1. The van der Waals surface area contributed by atoms with E-state index in [1.807, 2.05) is 27.7 Å². The Bertz CT molecular complexity index is 321. The largest absolute Gasteiger partial charge is 0.378 e. The van der Waals surface area contributed by atoms with E-state index < -0.39 is 5.54 Å². The van der Waals surface area contributed by atoms with Crippen molar-refractivity contribution in [3.63, 3.8) is 0 Å². The van der Waals surface area contributed by atoms with Gasteiger partial charge >= 0.3 is 0 Å². The molecule has 0 saturated heterocycles. The number of ether oxygens (including phenoxy) is 1. The molecule has 19 heavy (non-hydrogen) atoms. The molecule has 1 aliphatic carbocycles. The zero-order valence-electron chi connectivity index (χ0n) is 12.9. The molecule has 1 rings (SSSR count). The summed E-state index contributed by atoms with van der Waals surface area (Å²) in [5.41, 5.74) is 5.18. The minimum atomic E-state index is -0.810. The van der Waals surface area contributed by atoms with Gasteiger partial charge in [0.05, 0.1) is 6.10 Å². The van der Waals surface area contributed by atoms with Crippen LogP contribution >= 0.6 is 12.4 Å². The van der Waals surface area contributed by atoms with Crippen LogP contribution in [0, 0.1) is 11.3 Å². The van der Waals surface area contributed by atoms with Crippen LogP contribution < -0.4 is 11.1 Å². The first-order valence-electron chi connectivity index (χ1n) is 6.88. The Kier molecular flexibility index (Phi) is 6.31. The predicted molar refractivity (Wildman–Crippen MR) is 80.4 cm³/mol. The monoisotopic (exact) mass is 292 g/mol. The first kappa shape index (κ1) is 18.7. The van der Waals surface area contributed by atoms with E-state index in [1.165, 1.54) is 0 Å². The van der Waals surface area contributed by atoms with Crippen molar-refractivity contribution in [1.82, 2.24) is 5.32 Å². The number of rotatable bonds is 5. The Hall–Kier alpha value is -0.320. The minimum Gasteiger partial charge on any atom is -0.378 e. The minimum absolute atomic E-state index is 0. The lowest BCUT2D eigenvalue weighted by molar-refractivity contribution is -0.171. The van der Waals surface area contributed by atoms with Crippen LogP contribution in [0.3, 0.4) is 0 Å². The van der Waals surface area contributed by atoms with Crippen LogP contribution in [0.15, 0.2) is 0 Å². The van der Waals surface area contributed by atoms with Crippen LogP contribution in [0.5, 0.6) is 0 Å². The molecule has 1 saturated carbocycles. The third-order valence-corrected chi connectivity index (χ3v) is 4.59. The average molecular weight is 293 g/mol. The summed E-state index contributed by atoms with van der Waals surface area (Å²) in [7, 11) is 0. The third-order valence-electron chi connectivity index (χ3n) is 4.59. The van der Waals surface area contributed by atoms with E-state index >= 15 is 0 Å². The molecule has 3 atom stereocenters. The summed E-state index contributed by atoms with van der Waals surface area (Å²) in [6.07, 6.45) is 0.678. The third kappa shape index (κ3) is 3.23. The Morgan fingerprint density at radius 2 is 1.95 bits per heavy atom. The summed E-state index contributed by atoms with van der Waals surface area (Å²) in [5, 5.41) is 3.02. The summed E-state index contributed by atoms with van der Waals surface area (Å²) in [4.78, 5) is 12.3. The molecule has 0 radical (unpaired) electrons. The first-order valence-corrected chi connectivity index (χ1v) is 6.88. The van der Waals surface area contributed by atoms with Gasteiger partial charge in [0.2, 0.25) is 5.91 Å². The van der Waals surface area contributed by atoms with Gasteiger partial charge in [0.25, 0.3) is 0 Å². The number of halogens is 1. The van der Waals surface area contributed by atoms with Crippen LogP contribution in [-0.4, -0.2) is 30.2 Å². The molecular weight excluding hydrogens is 264 g/mol. The molecule has 0 aromatic carbocycles. The molecule has 1 fully saturated rings. The zero-order chi connectivity index (χ0) is 14.1. The standard InChI is InChI=1S/C14H28N2O2.ClH/c1-7-18-11-8-14(15,13(11,5)6)12(17)16-10(4)9(2)3;/h9-11H,7-8,15H2,1-6H3,(H,16,17);1H. The highest BCUT2D eigenvalue weighted by molar-refractivity contribution is 5.89. The van der Waals surface area contributed by atoms with Crippen molar-refractivity contribution in [2.24, 2.45) is 17.1 Å².